The van der Waals surface area contributed by atoms with Crippen molar-refractivity contribution in [3.63, 3.8) is 0 Å². The van der Waals surface area contributed by atoms with Crippen LogP contribution in [0.3, 0.4) is 0 Å². The molecule has 80 heavy (non-hydrogen) atoms. The third-order valence-corrected chi connectivity index (χ3v) is 16.3. The first kappa shape index (κ1) is 78.0. The van der Waals surface area contributed by atoms with Gasteiger partial charge in [0.1, 0.15) is 12.7 Å². The second kappa shape index (κ2) is 63.0. The summed E-state index contributed by atoms with van der Waals surface area (Å²) in [5.74, 6) is -1.44. The molecule has 0 aromatic rings. The number of unbranched alkanes of at least 4 members (excludes halogenated alkanes) is 44. The third kappa shape index (κ3) is 60.5. The predicted octanol–water partition coefficient (Wildman–Crippen LogP) is 20.9. The van der Waals surface area contributed by atoms with Gasteiger partial charge in [-0.3, -0.25) is 23.4 Å². The normalized spacial score (nSPS) is 13.3. The van der Waals surface area contributed by atoms with E-state index in [2.05, 4.69) is 45.1 Å². The number of carbonyl (C=O) groups excluding carboxylic acids is 3. The van der Waals surface area contributed by atoms with Gasteiger partial charge in [-0.15, -0.1) is 0 Å². The summed E-state index contributed by atoms with van der Waals surface area (Å²) in [6.45, 7) is 4.73. The third-order valence-electron chi connectivity index (χ3n) is 15.3. The maximum Gasteiger partial charge on any atom is 0.472 e. The van der Waals surface area contributed by atoms with Crippen molar-refractivity contribution in [2.24, 2.45) is 0 Å². The van der Waals surface area contributed by atoms with Crippen molar-refractivity contribution in [2.45, 2.75) is 367 Å². The standard InChI is InChI=1S/C68H129O11P/c1-4-7-10-13-16-19-22-25-28-31-32-35-36-39-42-45-48-51-54-57-66(70)75-61-65(79-68(72)59-56-53-50-47-44-41-38-34-30-27-24-21-18-15-12-9-6-3)63-77-80(73,74)76-62-64(60-69)78-67(71)58-55-52-49-46-43-40-37-33-29-26-23-20-17-14-11-8-5-2/h25,27-28,30,64-65,69H,4-24,26,29,31-63H2,1-3H3,(H,73,74)/b28-25-,30-27-. The van der Waals surface area contributed by atoms with Gasteiger partial charge in [0.05, 0.1) is 19.8 Å². The maximum atomic E-state index is 13.0. The molecule has 3 unspecified atom stereocenters. The number of aliphatic hydroxyl groups is 1. The Kier molecular flexibility index (Phi) is 61.4. The smallest absolute Gasteiger partial charge is 0.462 e. The Morgan fingerprint density at radius 3 is 0.863 bits per heavy atom. The van der Waals surface area contributed by atoms with Gasteiger partial charge in [0.15, 0.2) is 6.10 Å². The largest absolute Gasteiger partial charge is 0.472 e. The molecule has 0 aromatic carbocycles. The SMILES string of the molecule is CCCCCCCC/C=C\CCCCCCCCCCCC(=O)OCC(COP(=O)(O)OCC(CO)OC(=O)CCCCCCCCCCCCCCCCCCC)OC(=O)CCCCCCCCC/C=C\CCCCCCCC. The lowest BCUT2D eigenvalue weighted by atomic mass is 10.0. The molecule has 0 bridgehead atoms. The summed E-state index contributed by atoms with van der Waals surface area (Å²) >= 11 is 0. The van der Waals surface area contributed by atoms with Crippen LogP contribution in [0.5, 0.6) is 0 Å². The molecule has 0 saturated heterocycles. The van der Waals surface area contributed by atoms with E-state index in [-0.39, 0.29) is 25.9 Å². The zero-order valence-corrected chi connectivity index (χ0v) is 53.5. The Balaban J connectivity index is 4.64. The summed E-state index contributed by atoms with van der Waals surface area (Å²) < 4.78 is 39.8. The predicted molar refractivity (Wildman–Crippen MR) is 335 cm³/mol. The van der Waals surface area contributed by atoms with E-state index in [4.69, 9.17) is 23.3 Å². The molecule has 0 aromatic heterocycles. The van der Waals surface area contributed by atoms with Crippen LogP contribution in [0.4, 0.5) is 0 Å². The van der Waals surface area contributed by atoms with Crippen molar-refractivity contribution in [3.05, 3.63) is 24.3 Å². The molecular formula is C68H129O11P. The highest BCUT2D eigenvalue weighted by molar-refractivity contribution is 7.47. The minimum atomic E-state index is -4.75. The van der Waals surface area contributed by atoms with Crippen molar-refractivity contribution < 1.29 is 52.2 Å². The average molecular weight is 1150 g/mol. The number of phosphoric ester groups is 1. The fourth-order valence-corrected chi connectivity index (χ4v) is 10.9. The number of hydrogen-bond donors (Lipinski definition) is 2. The number of carbonyl (C=O) groups is 3. The number of hydrogen-bond acceptors (Lipinski definition) is 10. The summed E-state index contributed by atoms with van der Waals surface area (Å²) in [6.07, 6.45) is 66.9. The lowest BCUT2D eigenvalue weighted by Gasteiger charge is -2.21. The van der Waals surface area contributed by atoms with Crippen molar-refractivity contribution in [1.82, 2.24) is 0 Å². The molecule has 3 atom stereocenters. The van der Waals surface area contributed by atoms with Crippen LogP contribution in [0.25, 0.3) is 0 Å². The number of aliphatic hydroxyl groups excluding tert-OH is 1. The van der Waals surface area contributed by atoms with Crippen molar-refractivity contribution >= 4 is 25.7 Å². The van der Waals surface area contributed by atoms with E-state index >= 15 is 0 Å². The molecule has 0 spiro atoms. The molecule has 0 aliphatic rings. The van der Waals surface area contributed by atoms with E-state index in [1.165, 1.54) is 231 Å². The van der Waals surface area contributed by atoms with Gasteiger partial charge in [-0.25, -0.2) is 4.57 Å². The Hall–Kier alpha value is -2.04. The summed E-state index contributed by atoms with van der Waals surface area (Å²) in [7, 11) is -4.75. The molecular weight excluding hydrogens is 1020 g/mol. The van der Waals surface area contributed by atoms with E-state index in [1.54, 1.807) is 0 Å². The van der Waals surface area contributed by atoms with E-state index in [0.717, 1.165) is 64.2 Å². The number of rotatable bonds is 65. The molecule has 0 aliphatic heterocycles. The van der Waals surface area contributed by atoms with E-state index in [1.807, 2.05) is 0 Å². The molecule has 0 amide bonds. The molecule has 0 rings (SSSR count). The summed E-state index contributed by atoms with van der Waals surface area (Å²) in [5, 5.41) is 9.87. The monoisotopic (exact) mass is 1150 g/mol. The highest BCUT2D eigenvalue weighted by Crippen LogP contribution is 2.43. The molecule has 0 saturated carbocycles. The van der Waals surface area contributed by atoms with Crippen LogP contribution < -0.4 is 0 Å². The van der Waals surface area contributed by atoms with Crippen LogP contribution in [0.2, 0.25) is 0 Å². The van der Waals surface area contributed by atoms with Crippen LogP contribution >= 0.6 is 7.82 Å². The number of ether oxygens (including phenoxy) is 3. The van der Waals surface area contributed by atoms with Gasteiger partial charge >= 0.3 is 25.7 Å². The molecule has 2 N–H and O–H groups in total. The maximum absolute atomic E-state index is 13.0. The first-order valence-corrected chi connectivity index (χ1v) is 35.7. The first-order valence-electron chi connectivity index (χ1n) is 34.2. The lowest BCUT2D eigenvalue weighted by molar-refractivity contribution is -0.161. The first-order chi connectivity index (χ1) is 39.2. The quantitative estimate of drug-likeness (QED) is 0.0197. The Morgan fingerprint density at radius 1 is 0.338 bits per heavy atom. The van der Waals surface area contributed by atoms with E-state index < -0.39 is 57.8 Å². The molecule has 0 aliphatic carbocycles. The zero-order valence-electron chi connectivity index (χ0n) is 52.6. The van der Waals surface area contributed by atoms with Crippen molar-refractivity contribution in [1.29, 1.82) is 0 Å². The Labute approximate surface area is 493 Å². The van der Waals surface area contributed by atoms with Crippen LogP contribution in [0, 0.1) is 0 Å². The minimum absolute atomic E-state index is 0.168. The van der Waals surface area contributed by atoms with E-state index in [0.29, 0.717) is 19.3 Å². The molecule has 472 valence electrons. The summed E-state index contributed by atoms with van der Waals surface area (Å²) in [4.78, 5) is 48.8. The molecule has 0 heterocycles. The number of allylic oxidation sites excluding steroid dienone is 4. The van der Waals surface area contributed by atoms with Gasteiger partial charge < -0.3 is 24.2 Å². The van der Waals surface area contributed by atoms with Crippen molar-refractivity contribution in [3.8, 4) is 0 Å². The number of esters is 3. The van der Waals surface area contributed by atoms with Crippen LogP contribution in [-0.2, 0) is 42.2 Å². The summed E-state index contributed by atoms with van der Waals surface area (Å²) in [6, 6.07) is 0. The minimum Gasteiger partial charge on any atom is -0.462 e. The van der Waals surface area contributed by atoms with Gasteiger partial charge in [0, 0.05) is 19.3 Å². The molecule has 12 heteroatoms. The number of phosphoric acid groups is 1. The molecule has 0 radical (unpaired) electrons. The lowest BCUT2D eigenvalue weighted by Crippen LogP contribution is -2.30. The van der Waals surface area contributed by atoms with Gasteiger partial charge in [-0.1, -0.05) is 289 Å². The topological polar surface area (TPSA) is 155 Å². The van der Waals surface area contributed by atoms with Gasteiger partial charge in [-0.05, 0) is 70.6 Å². The fourth-order valence-electron chi connectivity index (χ4n) is 10.1. The fraction of sp³-hybridized carbons (Fsp3) is 0.897. The van der Waals surface area contributed by atoms with Crippen molar-refractivity contribution in [2.75, 3.05) is 26.4 Å². The van der Waals surface area contributed by atoms with Gasteiger partial charge in [0.25, 0.3) is 0 Å². The highest BCUT2D eigenvalue weighted by Gasteiger charge is 2.28. The molecule has 11 nitrogen and oxygen atoms in total. The Bertz CT molecular complexity index is 1440. The highest BCUT2D eigenvalue weighted by atomic mass is 31.2. The van der Waals surface area contributed by atoms with Crippen LogP contribution in [-0.4, -0.2) is 66.5 Å². The second-order valence-corrected chi connectivity index (χ2v) is 24.8. The molecule has 0 fully saturated rings. The van der Waals surface area contributed by atoms with Gasteiger partial charge in [0.2, 0.25) is 0 Å². The average Bonchev–Trinajstić information content (AvgIpc) is 3.45. The van der Waals surface area contributed by atoms with Crippen LogP contribution in [0.15, 0.2) is 24.3 Å². The second-order valence-electron chi connectivity index (χ2n) is 23.3. The van der Waals surface area contributed by atoms with Gasteiger partial charge in [-0.2, -0.15) is 0 Å². The zero-order chi connectivity index (χ0) is 58.3. The summed E-state index contributed by atoms with van der Waals surface area (Å²) in [5.41, 5.74) is 0. The van der Waals surface area contributed by atoms with Crippen LogP contribution in [0.1, 0.15) is 355 Å². The Morgan fingerprint density at radius 2 is 0.575 bits per heavy atom. The van der Waals surface area contributed by atoms with E-state index in [9.17, 15) is 28.9 Å².